The van der Waals surface area contributed by atoms with Crippen molar-refractivity contribution < 1.29 is 19.1 Å². The summed E-state index contributed by atoms with van der Waals surface area (Å²) in [5, 5.41) is 3.27. The molecule has 0 saturated heterocycles. The average molecular weight is 395 g/mol. The predicted molar refractivity (Wildman–Crippen MR) is 103 cm³/mol. The zero-order chi connectivity index (χ0) is 19.9. The fourth-order valence-corrected chi connectivity index (χ4v) is 3.64. The van der Waals surface area contributed by atoms with Crippen LogP contribution in [-0.2, 0) is 24.5 Å². The molecule has 1 N–H and O–H groups in total. The molecule has 0 radical (unpaired) electrons. The van der Waals surface area contributed by atoms with Gasteiger partial charge < -0.3 is 15.0 Å². The van der Waals surface area contributed by atoms with Gasteiger partial charge in [-0.15, -0.1) is 0 Å². The van der Waals surface area contributed by atoms with Crippen molar-refractivity contribution in [2.45, 2.75) is 44.9 Å². The van der Waals surface area contributed by atoms with Crippen LogP contribution in [-0.4, -0.2) is 48.9 Å². The zero-order valence-corrected chi connectivity index (χ0v) is 16.7. The minimum absolute atomic E-state index is 0.0386. The molecular weight excluding hydrogens is 368 g/mol. The maximum atomic E-state index is 12.9. The van der Waals surface area contributed by atoms with Crippen molar-refractivity contribution in [2.75, 3.05) is 26.2 Å². The van der Waals surface area contributed by atoms with Gasteiger partial charge in [0.1, 0.15) is 0 Å². The molecule has 1 aromatic carbocycles. The maximum absolute atomic E-state index is 12.9. The second kappa shape index (κ2) is 9.74. The first-order chi connectivity index (χ1) is 12.9. The van der Waals surface area contributed by atoms with Crippen molar-refractivity contribution in [3.05, 3.63) is 34.9 Å². The van der Waals surface area contributed by atoms with Gasteiger partial charge in [0.05, 0.1) is 12.0 Å². The van der Waals surface area contributed by atoms with Crippen molar-refractivity contribution in [3.63, 3.8) is 0 Å². The van der Waals surface area contributed by atoms with Crippen LogP contribution >= 0.6 is 11.6 Å². The highest BCUT2D eigenvalue weighted by molar-refractivity contribution is 6.30. The SMILES string of the molecule is CCNC(=O)CN(CC)C(=O)COC(=O)C1(c2ccc(Cl)cc2)CCCC1. The number of nitrogens with zero attached hydrogens (tertiary/aromatic N) is 1. The molecule has 2 rings (SSSR count). The van der Waals surface area contributed by atoms with Crippen LogP contribution in [0.2, 0.25) is 5.02 Å². The quantitative estimate of drug-likeness (QED) is 0.688. The fraction of sp³-hybridized carbons (Fsp3) is 0.550. The Bertz CT molecular complexity index is 669. The third-order valence-electron chi connectivity index (χ3n) is 5.01. The van der Waals surface area contributed by atoms with E-state index in [4.69, 9.17) is 16.3 Å². The summed E-state index contributed by atoms with van der Waals surface area (Å²) in [5.74, 6) is -0.987. The molecule has 0 aliphatic heterocycles. The van der Waals surface area contributed by atoms with Crippen molar-refractivity contribution in [2.24, 2.45) is 0 Å². The second-order valence-corrected chi connectivity index (χ2v) is 7.17. The van der Waals surface area contributed by atoms with Crippen molar-refractivity contribution >= 4 is 29.4 Å². The number of hydrogen-bond acceptors (Lipinski definition) is 4. The van der Waals surface area contributed by atoms with Gasteiger partial charge in [0, 0.05) is 18.1 Å². The molecule has 0 aromatic heterocycles. The van der Waals surface area contributed by atoms with Crippen molar-refractivity contribution in [1.82, 2.24) is 10.2 Å². The van der Waals surface area contributed by atoms with Crippen LogP contribution in [0.3, 0.4) is 0 Å². The van der Waals surface area contributed by atoms with Gasteiger partial charge in [-0.3, -0.25) is 14.4 Å². The first-order valence-corrected chi connectivity index (χ1v) is 9.78. The van der Waals surface area contributed by atoms with Gasteiger partial charge in [0.25, 0.3) is 5.91 Å². The first-order valence-electron chi connectivity index (χ1n) is 9.40. The van der Waals surface area contributed by atoms with E-state index in [1.54, 1.807) is 19.1 Å². The lowest BCUT2D eigenvalue weighted by molar-refractivity contribution is -0.157. The summed E-state index contributed by atoms with van der Waals surface area (Å²) in [6.45, 7) is 4.07. The summed E-state index contributed by atoms with van der Waals surface area (Å²) < 4.78 is 5.41. The number of amides is 2. The lowest BCUT2D eigenvalue weighted by Gasteiger charge is -2.28. The lowest BCUT2D eigenvalue weighted by Crippen LogP contribution is -2.43. The molecule has 1 saturated carbocycles. The number of carbonyl (C=O) groups excluding carboxylic acids is 3. The van der Waals surface area contributed by atoms with Gasteiger partial charge in [0.2, 0.25) is 5.91 Å². The fourth-order valence-electron chi connectivity index (χ4n) is 3.52. The normalized spacial score (nSPS) is 15.2. The van der Waals surface area contributed by atoms with Gasteiger partial charge in [-0.2, -0.15) is 0 Å². The van der Waals surface area contributed by atoms with Crippen LogP contribution in [0.1, 0.15) is 45.1 Å². The van der Waals surface area contributed by atoms with Crippen LogP contribution in [0, 0.1) is 0 Å². The van der Waals surface area contributed by atoms with E-state index < -0.39 is 5.41 Å². The molecule has 0 bridgehead atoms. The van der Waals surface area contributed by atoms with Crippen molar-refractivity contribution in [1.29, 1.82) is 0 Å². The van der Waals surface area contributed by atoms with Gasteiger partial charge >= 0.3 is 5.97 Å². The molecule has 6 nitrogen and oxygen atoms in total. The first kappa shape index (κ1) is 21.2. The number of rotatable bonds is 8. The van der Waals surface area contributed by atoms with Crippen LogP contribution in [0.5, 0.6) is 0 Å². The number of hydrogen-bond donors (Lipinski definition) is 1. The standard InChI is InChI=1S/C20H27ClN2O4/c1-3-22-17(24)13-23(4-2)18(25)14-27-19(26)20(11-5-6-12-20)15-7-9-16(21)10-8-15/h7-10H,3-6,11-14H2,1-2H3,(H,22,24). The number of carbonyl (C=O) groups is 3. The molecule has 27 heavy (non-hydrogen) atoms. The molecule has 0 unspecified atom stereocenters. The Kier molecular flexibility index (Phi) is 7.66. The highest BCUT2D eigenvalue weighted by Crippen LogP contribution is 2.42. The molecule has 7 heteroatoms. The minimum atomic E-state index is -0.721. The zero-order valence-electron chi connectivity index (χ0n) is 15.9. The topological polar surface area (TPSA) is 75.7 Å². The van der Waals surface area contributed by atoms with E-state index in [2.05, 4.69) is 5.32 Å². The van der Waals surface area contributed by atoms with E-state index in [1.165, 1.54) is 4.90 Å². The second-order valence-electron chi connectivity index (χ2n) is 6.73. The van der Waals surface area contributed by atoms with E-state index in [0.29, 0.717) is 31.0 Å². The Morgan fingerprint density at radius 3 is 2.33 bits per heavy atom. The smallest absolute Gasteiger partial charge is 0.317 e. The van der Waals surface area contributed by atoms with Gasteiger partial charge in [-0.1, -0.05) is 36.6 Å². The Morgan fingerprint density at radius 1 is 1.15 bits per heavy atom. The number of likely N-dealkylation sites (N-methyl/N-ethyl adjacent to an activating group) is 2. The van der Waals surface area contributed by atoms with Gasteiger partial charge in [0.15, 0.2) is 6.61 Å². The minimum Gasteiger partial charge on any atom is -0.455 e. The molecule has 0 atom stereocenters. The molecule has 0 heterocycles. The number of ether oxygens (including phenoxy) is 1. The maximum Gasteiger partial charge on any atom is 0.317 e. The summed E-state index contributed by atoms with van der Waals surface area (Å²) in [5.41, 5.74) is 0.151. The summed E-state index contributed by atoms with van der Waals surface area (Å²) in [6.07, 6.45) is 3.25. The average Bonchev–Trinajstić information content (AvgIpc) is 3.15. The Morgan fingerprint density at radius 2 is 1.78 bits per heavy atom. The third kappa shape index (κ3) is 5.22. The molecule has 1 aromatic rings. The Labute approximate surface area is 165 Å². The summed E-state index contributed by atoms with van der Waals surface area (Å²) in [6, 6.07) is 7.23. The van der Waals surface area contributed by atoms with Crippen LogP contribution in [0.15, 0.2) is 24.3 Å². The summed E-state index contributed by atoms with van der Waals surface area (Å²) in [7, 11) is 0. The van der Waals surface area contributed by atoms with E-state index in [0.717, 1.165) is 18.4 Å². The Balaban J connectivity index is 2.02. The van der Waals surface area contributed by atoms with E-state index in [-0.39, 0.29) is 30.9 Å². The van der Waals surface area contributed by atoms with E-state index in [1.807, 2.05) is 19.1 Å². The predicted octanol–water partition coefficient (Wildman–Crippen LogP) is 2.68. The summed E-state index contributed by atoms with van der Waals surface area (Å²) >= 11 is 5.96. The van der Waals surface area contributed by atoms with Crippen LogP contribution in [0.4, 0.5) is 0 Å². The molecule has 1 fully saturated rings. The van der Waals surface area contributed by atoms with Gasteiger partial charge in [-0.05, 0) is 44.4 Å². The third-order valence-corrected chi connectivity index (χ3v) is 5.27. The number of benzene rings is 1. The molecule has 1 aliphatic carbocycles. The van der Waals surface area contributed by atoms with E-state index >= 15 is 0 Å². The number of nitrogens with one attached hydrogen (secondary N) is 1. The number of halogens is 1. The summed E-state index contributed by atoms with van der Waals surface area (Å²) in [4.78, 5) is 38.3. The molecule has 0 spiro atoms. The highest BCUT2D eigenvalue weighted by atomic mass is 35.5. The molecular formula is C20H27ClN2O4. The van der Waals surface area contributed by atoms with Gasteiger partial charge in [-0.25, -0.2) is 0 Å². The molecule has 2 amide bonds. The highest BCUT2D eigenvalue weighted by Gasteiger charge is 2.44. The monoisotopic (exact) mass is 394 g/mol. The lowest BCUT2D eigenvalue weighted by atomic mass is 9.79. The Hall–Kier alpha value is -2.08. The van der Waals surface area contributed by atoms with Crippen molar-refractivity contribution in [3.8, 4) is 0 Å². The molecule has 148 valence electrons. The molecule has 1 aliphatic rings. The van der Waals surface area contributed by atoms with Crippen LogP contribution < -0.4 is 5.32 Å². The van der Waals surface area contributed by atoms with E-state index in [9.17, 15) is 14.4 Å². The van der Waals surface area contributed by atoms with Crippen LogP contribution in [0.25, 0.3) is 0 Å². The largest absolute Gasteiger partial charge is 0.455 e. The number of esters is 1.